The van der Waals surface area contributed by atoms with Gasteiger partial charge in [0.2, 0.25) is 10.0 Å². The van der Waals surface area contributed by atoms with Crippen LogP contribution in [0.15, 0.2) is 24.3 Å². The van der Waals surface area contributed by atoms with Gasteiger partial charge in [-0.2, -0.15) is 0 Å². The van der Waals surface area contributed by atoms with Crippen LogP contribution >= 0.6 is 0 Å². The predicted octanol–water partition coefficient (Wildman–Crippen LogP) is 2.00. The average Bonchev–Trinajstić information content (AvgIpc) is 3.03. The van der Waals surface area contributed by atoms with Gasteiger partial charge in [0.25, 0.3) is 0 Å². The van der Waals surface area contributed by atoms with Gasteiger partial charge in [0.05, 0.1) is 5.75 Å². The summed E-state index contributed by atoms with van der Waals surface area (Å²) in [5.74, 6) is -0.0183. The topological polar surface area (TPSA) is 58.6 Å². The fraction of sp³-hybridized carbons (Fsp3) is 0.625. The lowest BCUT2D eigenvalue weighted by molar-refractivity contribution is 0.158. The summed E-state index contributed by atoms with van der Waals surface area (Å²) in [6.45, 7) is 6.55. The van der Waals surface area contributed by atoms with Crippen molar-refractivity contribution in [1.82, 2.24) is 9.62 Å². The molecule has 0 saturated carbocycles. The Balaban J connectivity index is 1.76. The van der Waals surface area contributed by atoms with Crippen molar-refractivity contribution in [1.29, 1.82) is 0 Å². The molecule has 1 saturated heterocycles. The third-order valence-electron chi connectivity index (χ3n) is 4.12. The summed E-state index contributed by atoms with van der Waals surface area (Å²) in [6, 6.07) is 5.51. The van der Waals surface area contributed by atoms with Crippen molar-refractivity contribution < 1.29 is 17.5 Å². The Bertz CT molecular complexity index is 596. The van der Waals surface area contributed by atoms with E-state index < -0.39 is 10.0 Å². The van der Waals surface area contributed by atoms with Gasteiger partial charge in [-0.3, -0.25) is 4.90 Å². The summed E-state index contributed by atoms with van der Waals surface area (Å²) in [7, 11) is -3.40. The zero-order valence-electron chi connectivity index (χ0n) is 13.7. The van der Waals surface area contributed by atoms with Crippen molar-refractivity contribution in [3.63, 3.8) is 0 Å². The van der Waals surface area contributed by atoms with Gasteiger partial charge in [-0.15, -0.1) is 0 Å². The van der Waals surface area contributed by atoms with Gasteiger partial charge < -0.3 is 4.74 Å². The van der Waals surface area contributed by atoms with Gasteiger partial charge in [0.15, 0.2) is 0 Å². The molecule has 130 valence electrons. The number of benzene rings is 1. The normalized spacial score (nSPS) is 16.7. The molecule has 1 aliphatic rings. The Labute approximate surface area is 137 Å². The van der Waals surface area contributed by atoms with Crippen molar-refractivity contribution in [3.8, 4) is 5.75 Å². The molecule has 0 atom stereocenters. The summed E-state index contributed by atoms with van der Waals surface area (Å²) >= 11 is 0. The largest absolute Gasteiger partial charge is 0.492 e. The van der Waals surface area contributed by atoms with E-state index in [0.29, 0.717) is 12.3 Å². The van der Waals surface area contributed by atoms with Crippen molar-refractivity contribution in [2.45, 2.75) is 32.2 Å². The van der Waals surface area contributed by atoms with E-state index in [-0.39, 0.29) is 23.7 Å². The minimum atomic E-state index is -3.40. The Morgan fingerprint density at radius 2 is 1.83 bits per heavy atom. The molecule has 1 N–H and O–H groups in total. The van der Waals surface area contributed by atoms with Gasteiger partial charge in [-0.05, 0) is 64.0 Å². The Morgan fingerprint density at radius 3 is 2.43 bits per heavy atom. The molecular formula is C16H25FN2O3S. The van der Waals surface area contributed by atoms with Crippen LogP contribution in [0.1, 0.15) is 26.7 Å². The first kappa shape index (κ1) is 18.2. The SMILES string of the molecule is CC(C)(CNS(=O)(=O)CCOc1ccc(F)cc1)N1CCCC1. The fourth-order valence-electron chi connectivity index (χ4n) is 2.59. The second-order valence-electron chi connectivity index (χ2n) is 6.45. The van der Waals surface area contributed by atoms with Crippen LogP contribution in [0, 0.1) is 5.82 Å². The highest BCUT2D eigenvalue weighted by Crippen LogP contribution is 2.20. The van der Waals surface area contributed by atoms with Crippen molar-refractivity contribution in [2.75, 3.05) is 32.0 Å². The van der Waals surface area contributed by atoms with E-state index >= 15 is 0 Å². The second-order valence-corrected chi connectivity index (χ2v) is 8.38. The molecule has 1 aliphatic heterocycles. The number of nitrogens with zero attached hydrogens (tertiary/aromatic N) is 1. The lowest BCUT2D eigenvalue weighted by Crippen LogP contribution is -2.50. The monoisotopic (exact) mass is 344 g/mol. The predicted molar refractivity (Wildman–Crippen MR) is 88.6 cm³/mol. The molecule has 1 heterocycles. The Hall–Kier alpha value is -1.18. The van der Waals surface area contributed by atoms with Crippen LogP contribution in [0.4, 0.5) is 4.39 Å². The molecule has 0 aromatic heterocycles. The van der Waals surface area contributed by atoms with E-state index in [9.17, 15) is 12.8 Å². The summed E-state index contributed by atoms with van der Waals surface area (Å²) < 4.78 is 44.9. The maximum absolute atomic E-state index is 12.8. The first-order chi connectivity index (χ1) is 10.8. The van der Waals surface area contributed by atoms with Gasteiger partial charge >= 0.3 is 0 Å². The smallest absolute Gasteiger partial charge is 0.215 e. The average molecular weight is 344 g/mol. The minimum absolute atomic E-state index is 0.0328. The molecule has 1 fully saturated rings. The maximum atomic E-state index is 12.8. The standard InChI is InChI=1S/C16H25FN2O3S/c1-16(2,19-9-3-4-10-19)13-18-23(20,21)12-11-22-15-7-5-14(17)6-8-15/h5-8,18H,3-4,9-13H2,1-2H3. The van der Waals surface area contributed by atoms with Gasteiger partial charge in [0.1, 0.15) is 18.2 Å². The molecule has 0 amide bonds. The number of halogens is 1. The van der Waals surface area contributed by atoms with Crippen LogP contribution in [-0.4, -0.2) is 50.9 Å². The molecule has 1 aromatic rings. The zero-order chi connectivity index (χ0) is 16.9. The lowest BCUT2D eigenvalue weighted by Gasteiger charge is -2.35. The van der Waals surface area contributed by atoms with Crippen molar-refractivity contribution in [3.05, 3.63) is 30.1 Å². The van der Waals surface area contributed by atoms with Crippen molar-refractivity contribution in [2.24, 2.45) is 0 Å². The quantitative estimate of drug-likeness (QED) is 0.784. The summed E-state index contributed by atoms with van der Waals surface area (Å²) in [5.41, 5.74) is -0.193. The summed E-state index contributed by atoms with van der Waals surface area (Å²) in [6.07, 6.45) is 2.34. The zero-order valence-corrected chi connectivity index (χ0v) is 14.5. The number of rotatable bonds is 8. The number of nitrogens with one attached hydrogen (secondary N) is 1. The molecule has 0 unspecified atom stereocenters. The first-order valence-electron chi connectivity index (χ1n) is 7.89. The Kier molecular flexibility index (Phi) is 6.00. The van der Waals surface area contributed by atoms with Gasteiger partial charge in [0, 0.05) is 12.1 Å². The first-order valence-corrected chi connectivity index (χ1v) is 9.54. The number of ether oxygens (including phenoxy) is 1. The fourth-order valence-corrected chi connectivity index (χ4v) is 3.61. The van der Waals surface area contributed by atoms with Crippen LogP contribution in [0.3, 0.4) is 0 Å². The molecule has 0 spiro atoms. The molecule has 5 nitrogen and oxygen atoms in total. The number of likely N-dealkylation sites (tertiary alicyclic amines) is 1. The summed E-state index contributed by atoms with van der Waals surface area (Å²) in [4.78, 5) is 2.31. The third-order valence-corrected chi connectivity index (χ3v) is 5.41. The molecule has 2 rings (SSSR count). The van der Waals surface area contributed by atoms with E-state index in [1.54, 1.807) is 0 Å². The van der Waals surface area contributed by atoms with Crippen LogP contribution < -0.4 is 9.46 Å². The number of sulfonamides is 1. The van der Waals surface area contributed by atoms with Crippen LogP contribution in [0.2, 0.25) is 0 Å². The Morgan fingerprint density at radius 1 is 1.22 bits per heavy atom. The van der Waals surface area contributed by atoms with E-state index in [0.717, 1.165) is 13.1 Å². The maximum Gasteiger partial charge on any atom is 0.215 e. The van der Waals surface area contributed by atoms with Crippen LogP contribution in [0.25, 0.3) is 0 Å². The van der Waals surface area contributed by atoms with Gasteiger partial charge in [-0.1, -0.05) is 0 Å². The van der Waals surface area contributed by atoms with E-state index in [4.69, 9.17) is 4.74 Å². The van der Waals surface area contributed by atoms with E-state index in [2.05, 4.69) is 23.5 Å². The molecule has 0 radical (unpaired) electrons. The molecule has 7 heteroatoms. The minimum Gasteiger partial charge on any atom is -0.492 e. The van der Waals surface area contributed by atoms with Gasteiger partial charge in [-0.25, -0.2) is 17.5 Å². The number of hydrogen-bond acceptors (Lipinski definition) is 4. The van der Waals surface area contributed by atoms with E-state index in [1.165, 1.54) is 37.1 Å². The lowest BCUT2D eigenvalue weighted by atomic mass is 10.0. The highest BCUT2D eigenvalue weighted by molar-refractivity contribution is 7.89. The third kappa shape index (κ3) is 5.75. The highest BCUT2D eigenvalue weighted by Gasteiger charge is 2.30. The summed E-state index contributed by atoms with van der Waals surface area (Å²) in [5, 5.41) is 0. The van der Waals surface area contributed by atoms with E-state index in [1.807, 2.05) is 0 Å². The molecule has 0 aliphatic carbocycles. The second kappa shape index (κ2) is 7.59. The number of hydrogen-bond donors (Lipinski definition) is 1. The van der Waals surface area contributed by atoms with Crippen LogP contribution in [0.5, 0.6) is 5.75 Å². The highest BCUT2D eigenvalue weighted by atomic mass is 32.2. The van der Waals surface area contributed by atoms with Crippen molar-refractivity contribution >= 4 is 10.0 Å². The molecule has 0 bridgehead atoms. The molecular weight excluding hydrogens is 319 g/mol. The molecule has 1 aromatic carbocycles. The molecule has 23 heavy (non-hydrogen) atoms. The van der Waals surface area contributed by atoms with Crippen LogP contribution in [-0.2, 0) is 10.0 Å².